The van der Waals surface area contributed by atoms with Gasteiger partial charge in [0.05, 0.1) is 6.42 Å². The molecule has 1 amide bonds. The minimum atomic E-state index is -0.317. The van der Waals surface area contributed by atoms with Crippen molar-refractivity contribution in [3.8, 4) is 0 Å². The van der Waals surface area contributed by atoms with E-state index in [0.717, 1.165) is 5.56 Å². The Labute approximate surface area is 176 Å². The van der Waals surface area contributed by atoms with Gasteiger partial charge in [-0.25, -0.2) is 4.98 Å². The van der Waals surface area contributed by atoms with Gasteiger partial charge in [-0.3, -0.25) is 9.59 Å². The monoisotopic (exact) mass is 433 g/mol. The Morgan fingerprint density at radius 1 is 1.14 bits per heavy atom. The van der Waals surface area contributed by atoms with Crippen LogP contribution < -0.4 is 10.9 Å². The van der Waals surface area contributed by atoms with Crippen molar-refractivity contribution >= 4 is 46.6 Å². The van der Waals surface area contributed by atoms with E-state index in [2.05, 4.69) is 15.3 Å². The lowest BCUT2D eigenvalue weighted by Gasteiger charge is -2.08. The Balaban J connectivity index is 1.67. The number of H-pyrrole nitrogens is 1. The SMILES string of the molecule is Cc1nc(SCc2cccc(Cl)c2)[nH]c(=O)c1CC(=O)Nc1cccc(Cl)c1. The van der Waals surface area contributed by atoms with E-state index in [1.54, 1.807) is 31.2 Å². The number of benzene rings is 2. The number of carbonyl (C=O) groups excluding carboxylic acids is 1. The van der Waals surface area contributed by atoms with Crippen LogP contribution in [0.4, 0.5) is 5.69 Å². The predicted octanol–water partition coefficient (Wildman–Crippen LogP) is 4.86. The molecule has 0 aliphatic carbocycles. The Morgan fingerprint density at radius 2 is 1.86 bits per heavy atom. The molecule has 0 fully saturated rings. The van der Waals surface area contributed by atoms with Crippen molar-refractivity contribution in [3.05, 3.63) is 85.8 Å². The third kappa shape index (κ3) is 5.61. The summed E-state index contributed by atoms with van der Waals surface area (Å²) in [5, 5.41) is 4.42. The minimum absolute atomic E-state index is 0.0695. The van der Waals surface area contributed by atoms with Crippen LogP contribution in [0.2, 0.25) is 10.0 Å². The van der Waals surface area contributed by atoms with Crippen LogP contribution >= 0.6 is 35.0 Å². The molecule has 2 N–H and O–H groups in total. The van der Waals surface area contributed by atoms with Gasteiger partial charge in [0, 0.05) is 32.7 Å². The molecule has 8 heteroatoms. The standard InChI is InChI=1S/C20H17Cl2N3O2S/c1-12-17(10-18(26)24-16-7-3-6-15(22)9-16)19(27)25-20(23-12)28-11-13-4-2-5-14(21)8-13/h2-9H,10-11H2,1H3,(H,24,26)(H,23,25,27). The van der Waals surface area contributed by atoms with Crippen LogP contribution in [-0.4, -0.2) is 15.9 Å². The molecule has 28 heavy (non-hydrogen) atoms. The smallest absolute Gasteiger partial charge is 0.255 e. The van der Waals surface area contributed by atoms with Crippen LogP contribution in [0.3, 0.4) is 0 Å². The van der Waals surface area contributed by atoms with Crippen LogP contribution in [-0.2, 0) is 17.0 Å². The number of hydrogen-bond donors (Lipinski definition) is 2. The number of carbonyl (C=O) groups is 1. The summed E-state index contributed by atoms with van der Waals surface area (Å²) < 4.78 is 0. The molecule has 1 heterocycles. The van der Waals surface area contributed by atoms with E-state index in [1.165, 1.54) is 11.8 Å². The first-order valence-corrected chi connectivity index (χ1v) is 10.2. The van der Waals surface area contributed by atoms with Crippen LogP contribution in [0.1, 0.15) is 16.8 Å². The van der Waals surface area contributed by atoms with E-state index < -0.39 is 0 Å². The summed E-state index contributed by atoms with van der Waals surface area (Å²) in [7, 11) is 0. The lowest BCUT2D eigenvalue weighted by atomic mass is 10.1. The lowest BCUT2D eigenvalue weighted by Crippen LogP contribution is -2.23. The highest BCUT2D eigenvalue weighted by molar-refractivity contribution is 7.98. The van der Waals surface area contributed by atoms with E-state index in [-0.39, 0.29) is 17.9 Å². The number of rotatable bonds is 6. The second-order valence-corrected chi connectivity index (χ2v) is 7.93. The summed E-state index contributed by atoms with van der Waals surface area (Å²) in [5.74, 6) is 0.314. The second kappa shape index (κ2) is 9.28. The first-order valence-electron chi connectivity index (χ1n) is 8.43. The average molecular weight is 434 g/mol. The largest absolute Gasteiger partial charge is 0.326 e. The van der Waals surface area contributed by atoms with Gasteiger partial charge < -0.3 is 10.3 Å². The summed E-state index contributed by atoms with van der Waals surface area (Å²) in [6, 6.07) is 14.3. The van der Waals surface area contributed by atoms with Crippen molar-refractivity contribution in [3.63, 3.8) is 0 Å². The van der Waals surface area contributed by atoms with Gasteiger partial charge in [-0.1, -0.05) is 53.2 Å². The Hall–Kier alpha value is -2.28. The van der Waals surface area contributed by atoms with E-state index in [9.17, 15) is 9.59 Å². The number of aryl methyl sites for hydroxylation is 1. The number of nitrogens with one attached hydrogen (secondary N) is 2. The van der Waals surface area contributed by atoms with Gasteiger partial charge in [0.2, 0.25) is 5.91 Å². The van der Waals surface area contributed by atoms with E-state index in [4.69, 9.17) is 23.2 Å². The fraction of sp³-hybridized carbons (Fsp3) is 0.150. The van der Waals surface area contributed by atoms with Crippen molar-refractivity contribution in [1.29, 1.82) is 0 Å². The van der Waals surface area contributed by atoms with Crippen LogP contribution in [0, 0.1) is 6.92 Å². The molecule has 1 aromatic heterocycles. The summed E-state index contributed by atoms with van der Waals surface area (Å²) in [6.45, 7) is 1.72. The van der Waals surface area contributed by atoms with Gasteiger partial charge in [-0.2, -0.15) is 0 Å². The second-order valence-electron chi connectivity index (χ2n) is 6.09. The number of aromatic nitrogens is 2. The van der Waals surface area contributed by atoms with Gasteiger partial charge in [0.25, 0.3) is 5.56 Å². The number of halogens is 2. The molecular weight excluding hydrogens is 417 g/mol. The number of amides is 1. The van der Waals surface area contributed by atoms with Crippen molar-refractivity contribution in [1.82, 2.24) is 9.97 Å². The molecule has 144 valence electrons. The van der Waals surface area contributed by atoms with Crippen molar-refractivity contribution < 1.29 is 4.79 Å². The Bertz CT molecular complexity index is 1070. The summed E-state index contributed by atoms with van der Waals surface area (Å²) in [6.07, 6.45) is -0.0695. The Kier molecular flexibility index (Phi) is 6.78. The molecule has 0 bridgehead atoms. The molecule has 0 spiro atoms. The van der Waals surface area contributed by atoms with Gasteiger partial charge in [0.1, 0.15) is 0 Å². The topological polar surface area (TPSA) is 74.8 Å². The molecule has 3 rings (SSSR count). The zero-order valence-electron chi connectivity index (χ0n) is 15.0. The van der Waals surface area contributed by atoms with Crippen LogP contribution in [0.15, 0.2) is 58.5 Å². The van der Waals surface area contributed by atoms with Crippen molar-refractivity contribution in [2.45, 2.75) is 24.3 Å². The van der Waals surface area contributed by atoms with Crippen LogP contribution in [0.25, 0.3) is 0 Å². The molecule has 0 saturated carbocycles. The summed E-state index contributed by atoms with van der Waals surface area (Å²) >= 11 is 13.3. The van der Waals surface area contributed by atoms with Crippen molar-refractivity contribution in [2.24, 2.45) is 0 Å². The highest BCUT2D eigenvalue weighted by Crippen LogP contribution is 2.21. The summed E-state index contributed by atoms with van der Waals surface area (Å²) in [4.78, 5) is 31.9. The minimum Gasteiger partial charge on any atom is -0.326 e. The molecular formula is C20H17Cl2N3O2S. The van der Waals surface area contributed by atoms with Gasteiger partial charge in [-0.05, 0) is 42.8 Å². The maximum Gasteiger partial charge on any atom is 0.255 e. The number of thioether (sulfide) groups is 1. The normalized spacial score (nSPS) is 10.7. The first kappa shape index (κ1) is 20.5. The zero-order valence-corrected chi connectivity index (χ0v) is 17.3. The zero-order chi connectivity index (χ0) is 20.1. The molecule has 0 saturated heterocycles. The number of anilines is 1. The number of nitrogens with zero attached hydrogens (tertiary/aromatic N) is 1. The van der Waals surface area contributed by atoms with Gasteiger partial charge in [0.15, 0.2) is 5.16 Å². The molecule has 0 radical (unpaired) electrons. The molecule has 2 aromatic carbocycles. The molecule has 0 unspecified atom stereocenters. The number of hydrogen-bond acceptors (Lipinski definition) is 4. The number of aromatic amines is 1. The molecule has 3 aromatic rings. The highest BCUT2D eigenvalue weighted by Gasteiger charge is 2.13. The van der Waals surface area contributed by atoms with E-state index in [1.807, 2.05) is 24.3 Å². The quantitative estimate of drug-likeness (QED) is 0.429. The average Bonchev–Trinajstić information content (AvgIpc) is 2.63. The van der Waals surface area contributed by atoms with Crippen molar-refractivity contribution in [2.75, 3.05) is 5.32 Å². The fourth-order valence-electron chi connectivity index (χ4n) is 2.57. The van der Waals surface area contributed by atoms with E-state index >= 15 is 0 Å². The third-order valence-corrected chi connectivity index (χ3v) is 5.33. The van der Waals surface area contributed by atoms with E-state index in [0.29, 0.717) is 37.9 Å². The molecule has 0 aliphatic heterocycles. The molecule has 0 aliphatic rings. The predicted molar refractivity (Wildman–Crippen MR) is 114 cm³/mol. The van der Waals surface area contributed by atoms with Gasteiger partial charge in [-0.15, -0.1) is 0 Å². The fourth-order valence-corrected chi connectivity index (χ4v) is 3.82. The Morgan fingerprint density at radius 3 is 2.54 bits per heavy atom. The molecule has 5 nitrogen and oxygen atoms in total. The molecule has 0 atom stereocenters. The third-order valence-electron chi connectivity index (χ3n) is 3.91. The highest BCUT2D eigenvalue weighted by atomic mass is 35.5. The van der Waals surface area contributed by atoms with Gasteiger partial charge >= 0.3 is 0 Å². The maximum atomic E-state index is 12.4. The van der Waals surface area contributed by atoms with Crippen LogP contribution in [0.5, 0.6) is 0 Å². The first-order chi connectivity index (χ1) is 13.4. The lowest BCUT2D eigenvalue weighted by molar-refractivity contribution is -0.115. The maximum absolute atomic E-state index is 12.4. The summed E-state index contributed by atoms with van der Waals surface area (Å²) in [5.41, 5.74) is 2.16.